The number of piperazine rings is 1. The van der Waals surface area contributed by atoms with Crippen LogP contribution < -0.4 is 10.6 Å². The summed E-state index contributed by atoms with van der Waals surface area (Å²) in [5, 5.41) is 16.0. The molecule has 0 spiro atoms. The molecule has 1 aliphatic rings. The van der Waals surface area contributed by atoms with Crippen LogP contribution in [0.4, 0.5) is 20.2 Å². The molecule has 0 unspecified atom stereocenters. The van der Waals surface area contributed by atoms with E-state index in [4.69, 9.17) is 0 Å². The van der Waals surface area contributed by atoms with E-state index in [-0.39, 0.29) is 6.54 Å². The first kappa shape index (κ1) is 15.3. The molecule has 0 aromatic heterocycles. The predicted molar refractivity (Wildman–Crippen MR) is 71.0 cm³/mol. The van der Waals surface area contributed by atoms with Gasteiger partial charge in [-0.05, 0) is 6.07 Å². The lowest BCUT2D eigenvalue weighted by Crippen LogP contribution is -2.46. The van der Waals surface area contributed by atoms with Crippen LogP contribution in [0, 0.1) is 21.7 Å². The van der Waals surface area contributed by atoms with Crippen LogP contribution in [0.1, 0.15) is 0 Å². The van der Waals surface area contributed by atoms with Gasteiger partial charge in [0.05, 0.1) is 11.5 Å². The number of rotatable bonds is 4. The molecule has 2 rings (SSSR count). The molecule has 1 fully saturated rings. The Morgan fingerprint density at radius 2 is 2.05 bits per heavy atom. The molecule has 21 heavy (non-hydrogen) atoms. The second kappa shape index (κ2) is 6.55. The number of nitro groups is 1. The monoisotopic (exact) mass is 300 g/mol. The Labute approximate surface area is 119 Å². The van der Waals surface area contributed by atoms with Gasteiger partial charge in [-0.3, -0.25) is 19.8 Å². The average Bonchev–Trinajstić information content (AvgIpc) is 2.44. The smallest absolute Gasteiger partial charge is 0.296 e. The van der Waals surface area contributed by atoms with Gasteiger partial charge in [-0.25, -0.2) is 8.78 Å². The highest BCUT2D eigenvalue weighted by atomic mass is 19.2. The number of halogens is 2. The molecule has 0 atom stereocenters. The molecule has 114 valence electrons. The molecule has 0 radical (unpaired) electrons. The molecule has 1 saturated heterocycles. The van der Waals surface area contributed by atoms with Crippen LogP contribution in [-0.2, 0) is 4.79 Å². The third-order valence-corrected chi connectivity index (χ3v) is 3.11. The summed E-state index contributed by atoms with van der Waals surface area (Å²) in [4.78, 5) is 23.6. The quantitative estimate of drug-likeness (QED) is 0.632. The molecule has 1 aromatic rings. The highest BCUT2D eigenvalue weighted by Gasteiger charge is 2.24. The molecular formula is C12H14F2N4O3. The predicted octanol–water partition coefficient (Wildman–Crippen LogP) is 0.717. The van der Waals surface area contributed by atoms with Crippen LogP contribution in [0.25, 0.3) is 0 Å². The molecule has 0 aliphatic carbocycles. The maximum Gasteiger partial charge on any atom is 0.296 e. The van der Waals surface area contributed by atoms with Crippen molar-refractivity contribution in [3.05, 3.63) is 33.9 Å². The minimum Gasteiger partial charge on any atom is -0.317 e. The Balaban J connectivity index is 2.12. The zero-order valence-corrected chi connectivity index (χ0v) is 11.1. The van der Waals surface area contributed by atoms with Gasteiger partial charge in [-0.2, -0.15) is 0 Å². The lowest BCUT2D eigenvalue weighted by atomic mass is 10.2. The van der Waals surface area contributed by atoms with Crippen molar-refractivity contribution in [3.63, 3.8) is 0 Å². The van der Waals surface area contributed by atoms with Gasteiger partial charge in [0.25, 0.3) is 5.69 Å². The number of nitrogens with one attached hydrogen (secondary N) is 2. The number of hydrogen-bond acceptors (Lipinski definition) is 5. The van der Waals surface area contributed by atoms with Crippen LogP contribution in [0.2, 0.25) is 0 Å². The van der Waals surface area contributed by atoms with E-state index in [0.717, 1.165) is 19.2 Å². The molecule has 2 N–H and O–H groups in total. The molecule has 1 aromatic carbocycles. The fourth-order valence-electron chi connectivity index (χ4n) is 2.06. The van der Waals surface area contributed by atoms with E-state index in [1.807, 2.05) is 4.90 Å². The first-order valence-electron chi connectivity index (χ1n) is 6.34. The van der Waals surface area contributed by atoms with Crippen LogP contribution in [0.15, 0.2) is 12.1 Å². The van der Waals surface area contributed by atoms with E-state index < -0.39 is 33.8 Å². The number of carbonyl (C=O) groups excluding carboxylic acids is 1. The minimum atomic E-state index is -1.43. The summed E-state index contributed by atoms with van der Waals surface area (Å²) in [7, 11) is 0. The Morgan fingerprint density at radius 3 is 2.67 bits per heavy atom. The number of hydrogen-bond donors (Lipinski definition) is 2. The number of nitrogens with zero attached hydrogens (tertiary/aromatic N) is 2. The van der Waals surface area contributed by atoms with Gasteiger partial charge < -0.3 is 10.6 Å². The molecular weight excluding hydrogens is 286 g/mol. The average molecular weight is 300 g/mol. The lowest BCUT2D eigenvalue weighted by Gasteiger charge is -2.26. The van der Waals surface area contributed by atoms with Crippen LogP contribution in [0.3, 0.4) is 0 Å². The summed E-state index contributed by atoms with van der Waals surface area (Å²) in [6, 6.07) is 1.47. The number of nitro benzene ring substituents is 1. The highest BCUT2D eigenvalue weighted by Crippen LogP contribution is 2.28. The SMILES string of the molecule is O=C(CN1CCNCC1)Nc1c([N+](=O)[O-])ccc(F)c1F. The second-order valence-electron chi connectivity index (χ2n) is 4.59. The summed E-state index contributed by atoms with van der Waals surface area (Å²) in [5.74, 6) is -3.31. The van der Waals surface area contributed by atoms with E-state index in [9.17, 15) is 23.7 Å². The summed E-state index contributed by atoms with van der Waals surface area (Å²) < 4.78 is 26.8. The molecule has 0 bridgehead atoms. The van der Waals surface area contributed by atoms with E-state index in [1.54, 1.807) is 0 Å². The van der Waals surface area contributed by atoms with Crippen molar-refractivity contribution in [2.75, 3.05) is 38.0 Å². The summed E-state index contributed by atoms with van der Waals surface area (Å²) in [5.41, 5.74) is -1.41. The third kappa shape index (κ3) is 3.70. The van der Waals surface area contributed by atoms with Gasteiger partial charge in [-0.15, -0.1) is 0 Å². The Morgan fingerprint density at radius 1 is 1.38 bits per heavy atom. The van der Waals surface area contributed by atoms with Crippen LogP contribution in [-0.4, -0.2) is 48.5 Å². The van der Waals surface area contributed by atoms with E-state index in [1.165, 1.54) is 0 Å². The van der Waals surface area contributed by atoms with Gasteiger partial charge in [0, 0.05) is 32.2 Å². The first-order chi connectivity index (χ1) is 9.99. The molecule has 0 saturated carbocycles. The Bertz CT molecular complexity index is 562. The van der Waals surface area contributed by atoms with Gasteiger partial charge in [-0.1, -0.05) is 0 Å². The number of anilines is 1. The largest absolute Gasteiger partial charge is 0.317 e. The lowest BCUT2D eigenvalue weighted by molar-refractivity contribution is -0.384. The maximum absolute atomic E-state index is 13.6. The molecule has 9 heteroatoms. The summed E-state index contributed by atoms with van der Waals surface area (Å²) in [6.07, 6.45) is 0. The van der Waals surface area contributed by atoms with E-state index >= 15 is 0 Å². The fraction of sp³-hybridized carbons (Fsp3) is 0.417. The number of benzene rings is 1. The maximum atomic E-state index is 13.6. The van der Waals surface area contributed by atoms with Gasteiger partial charge >= 0.3 is 0 Å². The highest BCUT2D eigenvalue weighted by molar-refractivity contribution is 5.94. The Hall–Kier alpha value is -2.13. The number of carbonyl (C=O) groups is 1. The third-order valence-electron chi connectivity index (χ3n) is 3.11. The fourth-order valence-corrected chi connectivity index (χ4v) is 2.06. The van der Waals surface area contributed by atoms with Crippen LogP contribution >= 0.6 is 0 Å². The van der Waals surface area contributed by atoms with Crippen molar-refractivity contribution in [1.82, 2.24) is 10.2 Å². The molecule has 1 amide bonds. The summed E-state index contributed by atoms with van der Waals surface area (Å²) in [6.45, 7) is 2.70. The van der Waals surface area contributed by atoms with Crippen molar-refractivity contribution in [1.29, 1.82) is 0 Å². The van der Waals surface area contributed by atoms with Crippen molar-refractivity contribution in [3.8, 4) is 0 Å². The molecule has 1 heterocycles. The normalized spacial score (nSPS) is 15.7. The van der Waals surface area contributed by atoms with E-state index in [0.29, 0.717) is 19.2 Å². The van der Waals surface area contributed by atoms with Crippen molar-refractivity contribution in [2.45, 2.75) is 0 Å². The number of amides is 1. The second-order valence-corrected chi connectivity index (χ2v) is 4.59. The van der Waals surface area contributed by atoms with Gasteiger partial charge in [0.2, 0.25) is 5.91 Å². The standard InChI is InChI=1S/C12H14F2N4O3/c13-8-1-2-9(18(20)21)12(11(8)14)16-10(19)7-17-5-3-15-4-6-17/h1-2,15H,3-7H2,(H,16,19). The van der Waals surface area contributed by atoms with Crippen molar-refractivity contribution >= 4 is 17.3 Å². The first-order valence-corrected chi connectivity index (χ1v) is 6.34. The van der Waals surface area contributed by atoms with E-state index in [2.05, 4.69) is 10.6 Å². The molecule has 1 aliphatic heterocycles. The minimum absolute atomic E-state index is 0.0329. The van der Waals surface area contributed by atoms with Crippen molar-refractivity contribution in [2.24, 2.45) is 0 Å². The molecule has 7 nitrogen and oxygen atoms in total. The van der Waals surface area contributed by atoms with Gasteiger partial charge in [0.1, 0.15) is 0 Å². The zero-order chi connectivity index (χ0) is 15.4. The topological polar surface area (TPSA) is 87.5 Å². The Kier molecular flexibility index (Phi) is 4.76. The summed E-state index contributed by atoms with van der Waals surface area (Å²) >= 11 is 0. The van der Waals surface area contributed by atoms with Crippen molar-refractivity contribution < 1.29 is 18.5 Å². The van der Waals surface area contributed by atoms with Crippen LogP contribution in [0.5, 0.6) is 0 Å². The van der Waals surface area contributed by atoms with Gasteiger partial charge in [0.15, 0.2) is 17.3 Å². The zero-order valence-electron chi connectivity index (χ0n) is 11.1.